The van der Waals surface area contributed by atoms with Gasteiger partial charge in [-0.3, -0.25) is 0 Å². The van der Waals surface area contributed by atoms with E-state index in [0.29, 0.717) is 0 Å². The summed E-state index contributed by atoms with van der Waals surface area (Å²) in [6.45, 7) is 2.16. The van der Waals surface area contributed by atoms with Crippen LogP contribution in [0.15, 0.2) is 9.98 Å². The molecule has 0 aliphatic heterocycles. The van der Waals surface area contributed by atoms with Crippen LogP contribution in [0.4, 0.5) is 0 Å². The van der Waals surface area contributed by atoms with Gasteiger partial charge >= 0.3 is 0 Å². The number of nitrogens with zero attached hydrogens (tertiary/aromatic N) is 1. The molecule has 4 heteroatoms. The number of hydrogen-bond acceptors (Lipinski definition) is 3. The van der Waals surface area contributed by atoms with Gasteiger partial charge in [0.15, 0.2) is 0 Å². The van der Waals surface area contributed by atoms with Crippen LogP contribution in [0.2, 0.25) is 0 Å². The maximum absolute atomic E-state index is 4.20. The lowest BCUT2D eigenvalue weighted by atomic mass is 10.8. The van der Waals surface area contributed by atoms with Gasteiger partial charge in [0.1, 0.15) is 5.01 Å². The van der Waals surface area contributed by atoms with Crippen LogP contribution >= 0.6 is 39.0 Å². The van der Waals surface area contributed by atoms with Crippen LogP contribution in [-0.2, 0) is 5.75 Å². The fraction of sp³-hybridized carbons (Fsp3) is 0.500. The number of rotatable bonds is 3. The SMILES string of the molecule is CCSCc1ncc(Br)s1. The number of halogens is 1. The highest BCUT2D eigenvalue weighted by Gasteiger charge is 1.97. The Morgan fingerprint density at radius 1 is 1.80 bits per heavy atom. The van der Waals surface area contributed by atoms with Crippen molar-refractivity contribution >= 4 is 39.0 Å². The number of thiazole rings is 1. The van der Waals surface area contributed by atoms with Gasteiger partial charge in [-0.05, 0) is 21.7 Å². The monoisotopic (exact) mass is 237 g/mol. The quantitative estimate of drug-likeness (QED) is 0.802. The fourth-order valence-corrected chi connectivity index (χ4v) is 2.58. The average Bonchev–Trinajstić information content (AvgIpc) is 2.31. The van der Waals surface area contributed by atoms with Gasteiger partial charge in [0.2, 0.25) is 0 Å². The Labute approximate surface area is 77.4 Å². The van der Waals surface area contributed by atoms with E-state index in [-0.39, 0.29) is 0 Å². The lowest BCUT2D eigenvalue weighted by molar-refractivity contribution is 1.26. The van der Waals surface area contributed by atoms with E-state index in [9.17, 15) is 0 Å². The van der Waals surface area contributed by atoms with E-state index in [1.165, 1.54) is 5.01 Å². The molecule has 10 heavy (non-hydrogen) atoms. The van der Waals surface area contributed by atoms with Crippen LogP contribution < -0.4 is 0 Å². The molecule has 0 aliphatic rings. The highest BCUT2D eigenvalue weighted by molar-refractivity contribution is 9.11. The van der Waals surface area contributed by atoms with Crippen molar-refractivity contribution in [3.8, 4) is 0 Å². The zero-order valence-electron chi connectivity index (χ0n) is 5.63. The zero-order valence-corrected chi connectivity index (χ0v) is 8.85. The molecule has 0 saturated carbocycles. The van der Waals surface area contributed by atoms with Crippen LogP contribution in [0.1, 0.15) is 11.9 Å². The van der Waals surface area contributed by atoms with Crippen molar-refractivity contribution in [3.63, 3.8) is 0 Å². The molecule has 0 aromatic carbocycles. The van der Waals surface area contributed by atoms with E-state index in [1.807, 2.05) is 18.0 Å². The van der Waals surface area contributed by atoms with Crippen molar-refractivity contribution in [3.05, 3.63) is 15.0 Å². The molecular weight excluding hydrogens is 230 g/mol. The fourth-order valence-electron chi connectivity index (χ4n) is 0.544. The smallest absolute Gasteiger partial charge is 0.104 e. The molecule has 0 fully saturated rings. The van der Waals surface area contributed by atoms with Crippen LogP contribution in [0.25, 0.3) is 0 Å². The molecule has 0 atom stereocenters. The third-order valence-electron chi connectivity index (χ3n) is 0.955. The summed E-state index contributed by atoms with van der Waals surface area (Å²) in [5, 5.41) is 1.21. The minimum absolute atomic E-state index is 1.05. The number of hydrogen-bond donors (Lipinski definition) is 0. The van der Waals surface area contributed by atoms with Gasteiger partial charge in [-0.25, -0.2) is 4.98 Å². The molecule has 0 bridgehead atoms. The largest absolute Gasteiger partial charge is 0.248 e. The molecule has 1 rings (SSSR count). The van der Waals surface area contributed by atoms with Crippen LogP contribution in [0, 0.1) is 0 Å². The molecule has 0 N–H and O–H groups in total. The molecule has 56 valence electrons. The summed E-state index contributed by atoms with van der Waals surface area (Å²) >= 11 is 6.98. The van der Waals surface area contributed by atoms with Gasteiger partial charge < -0.3 is 0 Å². The number of aromatic nitrogens is 1. The van der Waals surface area contributed by atoms with Crippen molar-refractivity contribution in [2.24, 2.45) is 0 Å². The van der Waals surface area contributed by atoms with Gasteiger partial charge in [-0.2, -0.15) is 11.8 Å². The molecule has 0 saturated heterocycles. The molecule has 0 spiro atoms. The molecule has 0 amide bonds. The Hall–Kier alpha value is 0.460. The second-order valence-electron chi connectivity index (χ2n) is 1.70. The van der Waals surface area contributed by atoms with E-state index in [2.05, 4.69) is 27.8 Å². The first-order chi connectivity index (χ1) is 4.83. The molecule has 1 aromatic heterocycles. The van der Waals surface area contributed by atoms with Gasteiger partial charge in [0.05, 0.1) is 9.98 Å². The topological polar surface area (TPSA) is 12.9 Å². The first-order valence-electron chi connectivity index (χ1n) is 3.01. The molecule has 1 heterocycles. The standard InChI is InChI=1S/C6H8BrNS2/c1-2-9-4-6-8-3-5(7)10-6/h3H,2,4H2,1H3. The zero-order chi connectivity index (χ0) is 7.40. The van der Waals surface area contributed by atoms with Crippen molar-refractivity contribution in [2.45, 2.75) is 12.7 Å². The Morgan fingerprint density at radius 2 is 2.60 bits per heavy atom. The van der Waals surface area contributed by atoms with Gasteiger partial charge in [-0.15, -0.1) is 11.3 Å². The Morgan fingerprint density at radius 3 is 3.10 bits per heavy atom. The molecule has 1 nitrogen and oxygen atoms in total. The summed E-state index contributed by atoms with van der Waals surface area (Å²) < 4.78 is 1.12. The summed E-state index contributed by atoms with van der Waals surface area (Å²) in [4.78, 5) is 4.20. The second kappa shape index (κ2) is 4.36. The normalized spacial score (nSPS) is 10.2. The molecule has 0 radical (unpaired) electrons. The summed E-state index contributed by atoms with van der Waals surface area (Å²) in [5.74, 6) is 2.21. The predicted molar refractivity (Wildman–Crippen MR) is 51.7 cm³/mol. The summed E-state index contributed by atoms with van der Waals surface area (Å²) in [6, 6.07) is 0. The lowest BCUT2D eigenvalue weighted by Crippen LogP contribution is -1.75. The van der Waals surface area contributed by atoms with Crippen molar-refractivity contribution in [1.82, 2.24) is 4.98 Å². The van der Waals surface area contributed by atoms with E-state index >= 15 is 0 Å². The minimum atomic E-state index is 1.05. The van der Waals surface area contributed by atoms with E-state index < -0.39 is 0 Å². The summed E-state index contributed by atoms with van der Waals surface area (Å²) in [7, 11) is 0. The van der Waals surface area contributed by atoms with Crippen LogP contribution in [0.3, 0.4) is 0 Å². The van der Waals surface area contributed by atoms with Gasteiger partial charge in [0.25, 0.3) is 0 Å². The lowest BCUT2D eigenvalue weighted by Gasteiger charge is -1.89. The predicted octanol–water partition coefficient (Wildman–Crippen LogP) is 3.16. The van der Waals surface area contributed by atoms with E-state index in [1.54, 1.807) is 11.3 Å². The van der Waals surface area contributed by atoms with E-state index in [0.717, 1.165) is 15.3 Å². The van der Waals surface area contributed by atoms with E-state index in [4.69, 9.17) is 0 Å². The highest BCUT2D eigenvalue weighted by Crippen LogP contribution is 2.22. The third-order valence-corrected chi connectivity index (χ3v) is 3.50. The second-order valence-corrected chi connectivity index (χ2v) is 5.46. The maximum atomic E-state index is 4.20. The van der Waals surface area contributed by atoms with Crippen LogP contribution in [0.5, 0.6) is 0 Å². The molecule has 0 aliphatic carbocycles. The minimum Gasteiger partial charge on any atom is -0.248 e. The first kappa shape index (κ1) is 8.56. The molecular formula is C6H8BrNS2. The van der Waals surface area contributed by atoms with Gasteiger partial charge in [-0.1, -0.05) is 6.92 Å². The molecule has 1 aromatic rings. The summed E-state index contributed by atoms with van der Waals surface area (Å²) in [5.41, 5.74) is 0. The highest BCUT2D eigenvalue weighted by atomic mass is 79.9. The third kappa shape index (κ3) is 2.60. The van der Waals surface area contributed by atoms with Crippen molar-refractivity contribution < 1.29 is 0 Å². The van der Waals surface area contributed by atoms with Crippen molar-refractivity contribution in [2.75, 3.05) is 5.75 Å². The Bertz CT molecular complexity index is 199. The Balaban J connectivity index is 2.42. The summed E-state index contributed by atoms with van der Waals surface area (Å²) in [6.07, 6.45) is 1.86. The van der Waals surface area contributed by atoms with Gasteiger partial charge in [0, 0.05) is 5.75 Å². The molecule has 0 unspecified atom stereocenters. The number of thioether (sulfide) groups is 1. The van der Waals surface area contributed by atoms with Crippen molar-refractivity contribution in [1.29, 1.82) is 0 Å². The maximum Gasteiger partial charge on any atom is 0.104 e. The first-order valence-corrected chi connectivity index (χ1v) is 5.77. The average molecular weight is 238 g/mol. The van der Waals surface area contributed by atoms with Crippen LogP contribution in [-0.4, -0.2) is 10.7 Å². The Kier molecular flexibility index (Phi) is 3.73.